The summed E-state index contributed by atoms with van der Waals surface area (Å²) in [6, 6.07) is 7.01. The van der Waals surface area contributed by atoms with Crippen molar-refractivity contribution in [3.05, 3.63) is 41.6 Å². The first kappa shape index (κ1) is 18.4. The van der Waals surface area contributed by atoms with Crippen molar-refractivity contribution in [3.63, 3.8) is 0 Å². The Balaban J connectivity index is 2.22. The lowest BCUT2D eigenvalue weighted by Crippen LogP contribution is -2.24. The van der Waals surface area contributed by atoms with Crippen LogP contribution in [0.3, 0.4) is 0 Å². The van der Waals surface area contributed by atoms with E-state index in [4.69, 9.17) is 14.2 Å². The number of aromatic nitrogens is 1. The summed E-state index contributed by atoms with van der Waals surface area (Å²) in [5, 5.41) is 2.89. The largest absolute Gasteiger partial charge is 0.493 e. The van der Waals surface area contributed by atoms with Gasteiger partial charge in [-0.15, -0.1) is 0 Å². The van der Waals surface area contributed by atoms with Gasteiger partial charge < -0.3 is 24.4 Å². The number of benzene rings is 1. The van der Waals surface area contributed by atoms with Crippen molar-refractivity contribution >= 4 is 11.7 Å². The van der Waals surface area contributed by atoms with Crippen molar-refractivity contribution in [2.45, 2.75) is 6.54 Å². The smallest absolute Gasteiger partial charge is 0.251 e. The summed E-state index contributed by atoms with van der Waals surface area (Å²) in [6.45, 7) is 0.358. The fourth-order valence-corrected chi connectivity index (χ4v) is 2.46. The van der Waals surface area contributed by atoms with E-state index in [1.807, 2.05) is 31.1 Å². The van der Waals surface area contributed by atoms with Crippen LogP contribution in [0.15, 0.2) is 30.5 Å². The highest BCUT2D eigenvalue weighted by Gasteiger charge is 2.17. The number of methoxy groups -OCH3 is 3. The number of carbonyl (C=O) groups excluding carboxylic acids is 1. The Morgan fingerprint density at radius 3 is 2.28 bits per heavy atom. The average molecular weight is 345 g/mol. The molecule has 0 radical (unpaired) electrons. The normalized spacial score (nSPS) is 10.1. The molecule has 1 aromatic carbocycles. The monoisotopic (exact) mass is 345 g/mol. The number of rotatable bonds is 7. The third-order valence-corrected chi connectivity index (χ3v) is 3.66. The fourth-order valence-electron chi connectivity index (χ4n) is 2.46. The molecule has 0 saturated carbocycles. The van der Waals surface area contributed by atoms with Crippen LogP contribution in [0.2, 0.25) is 0 Å². The minimum atomic E-state index is -0.243. The van der Waals surface area contributed by atoms with Crippen molar-refractivity contribution in [1.82, 2.24) is 10.3 Å². The van der Waals surface area contributed by atoms with Crippen LogP contribution in [0.25, 0.3) is 0 Å². The average Bonchev–Trinajstić information content (AvgIpc) is 2.64. The van der Waals surface area contributed by atoms with Crippen LogP contribution in [0.5, 0.6) is 17.2 Å². The standard InChI is InChI=1S/C18H23N3O4/c1-21(2)17-12(7-6-8-19-17)11-20-18(22)13-9-14(23-3)16(25-5)15(10-13)24-4/h6-10H,11H2,1-5H3,(H,20,22). The molecule has 0 aliphatic heterocycles. The van der Waals surface area contributed by atoms with Gasteiger partial charge in [-0.1, -0.05) is 6.07 Å². The van der Waals surface area contributed by atoms with Gasteiger partial charge in [0.05, 0.1) is 21.3 Å². The van der Waals surface area contributed by atoms with E-state index >= 15 is 0 Å². The van der Waals surface area contributed by atoms with Crippen molar-refractivity contribution in [1.29, 1.82) is 0 Å². The summed E-state index contributed by atoms with van der Waals surface area (Å²) in [4.78, 5) is 18.8. The molecule has 0 saturated heterocycles. The first-order chi connectivity index (χ1) is 12.0. The predicted octanol–water partition coefficient (Wildman–Crippen LogP) is 2.10. The number of carbonyl (C=O) groups is 1. The first-order valence-electron chi connectivity index (χ1n) is 7.71. The molecule has 0 unspecified atom stereocenters. The SMILES string of the molecule is COc1cc(C(=O)NCc2cccnc2N(C)C)cc(OC)c1OC. The van der Waals surface area contributed by atoms with Crippen LogP contribution >= 0.6 is 0 Å². The highest BCUT2D eigenvalue weighted by Crippen LogP contribution is 2.38. The van der Waals surface area contributed by atoms with E-state index in [1.165, 1.54) is 21.3 Å². The maximum absolute atomic E-state index is 12.5. The quantitative estimate of drug-likeness (QED) is 0.828. The van der Waals surface area contributed by atoms with Crippen LogP contribution in [-0.2, 0) is 6.54 Å². The zero-order valence-corrected chi connectivity index (χ0v) is 15.1. The lowest BCUT2D eigenvalue weighted by molar-refractivity contribution is 0.0950. The molecule has 1 amide bonds. The summed E-state index contributed by atoms with van der Waals surface area (Å²) < 4.78 is 15.8. The number of hydrogen-bond donors (Lipinski definition) is 1. The number of nitrogens with one attached hydrogen (secondary N) is 1. The second-order valence-corrected chi connectivity index (χ2v) is 5.48. The number of anilines is 1. The molecule has 0 fully saturated rings. The highest BCUT2D eigenvalue weighted by molar-refractivity contribution is 5.95. The van der Waals surface area contributed by atoms with Crippen molar-refractivity contribution in [2.75, 3.05) is 40.3 Å². The minimum absolute atomic E-state index is 0.243. The molecular weight excluding hydrogens is 322 g/mol. The van der Waals surface area contributed by atoms with Crippen LogP contribution < -0.4 is 24.4 Å². The van der Waals surface area contributed by atoms with Crippen LogP contribution in [-0.4, -0.2) is 46.3 Å². The molecule has 0 atom stereocenters. The van der Waals surface area contributed by atoms with Crippen LogP contribution in [0.4, 0.5) is 5.82 Å². The van der Waals surface area contributed by atoms with Gasteiger partial charge in [0, 0.05) is 38.0 Å². The summed E-state index contributed by atoms with van der Waals surface area (Å²) in [7, 11) is 8.36. The Hall–Kier alpha value is -2.96. The molecule has 7 nitrogen and oxygen atoms in total. The molecule has 0 aliphatic carbocycles. The molecule has 2 rings (SSSR count). The number of pyridine rings is 1. The van der Waals surface area contributed by atoms with Gasteiger partial charge in [-0.25, -0.2) is 4.98 Å². The number of hydrogen-bond acceptors (Lipinski definition) is 6. The van der Waals surface area contributed by atoms with Gasteiger partial charge in [0.15, 0.2) is 11.5 Å². The number of amides is 1. The Labute approximate surface area is 147 Å². The Morgan fingerprint density at radius 2 is 1.76 bits per heavy atom. The molecule has 2 aromatic rings. The van der Waals surface area contributed by atoms with E-state index < -0.39 is 0 Å². The molecule has 1 N–H and O–H groups in total. The zero-order valence-electron chi connectivity index (χ0n) is 15.1. The minimum Gasteiger partial charge on any atom is -0.493 e. The number of nitrogens with zero attached hydrogens (tertiary/aromatic N) is 2. The van der Waals surface area contributed by atoms with Crippen LogP contribution in [0.1, 0.15) is 15.9 Å². The zero-order chi connectivity index (χ0) is 18.4. The third-order valence-electron chi connectivity index (χ3n) is 3.66. The van der Waals surface area contributed by atoms with Gasteiger partial charge in [0.1, 0.15) is 5.82 Å². The molecular formula is C18H23N3O4. The molecule has 0 aliphatic rings. The van der Waals surface area contributed by atoms with E-state index in [9.17, 15) is 4.79 Å². The van der Waals surface area contributed by atoms with E-state index in [0.717, 1.165) is 11.4 Å². The second-order valence-electron chi connectivity index (χ2n) is 5.48. The summed E-state index contributed by atoms with van der Waals surface area (Å²) in [6.07, 6.45) is 1.72. The maximum Gasteiger partial charge on any atom is 0.251 e. The summed E-state index contributed by atoms with van der Waals surface area (Å²) in [5.41, 5.74) is 1.35. The van der Waals surface area contributed by atoms with Gasteiger partial charge in [-0.05, 0) is 18.2 Å². The third kappa shape index (κ3) is 4.12. The van der Waals surface area contributed by atoms with Crippen LogP contribution in [0, 0.1) is 0 Å². The molecule has 1 aromatic heterocycles. The number of ether oxygens (including phenoxy) is 3. The first-order valence-corrected chi connectivity index (χ1v) is 7.71. The van der Waals surface area contributed by atoms with Gasteiger partial charge in [0.2, 0.25) is 5.75 Å². The highest BCUT2D eigenvalue weighted by atomic mass is 16.5. The maximum atomic E-state index is 12.5. The predicted molar refractivity (Wildman–Crippen MR) is 95.8 cm³/mol. The van der Waals surface area contributed by atoms with Crippen molar-refractivity contribution in [2.24, 2.45) is 0 Å². The second kappa shape index (κ2) is 8.23. The molecule has 0 spiro atoms. The molecule has 7 heteroatoms. The van der Waals surface area contributed by atoms with Gasteiger partial charge >= 0.3 is 0 Å². The van der Waals surface area contributed by atoms with Gasteiger partial charge in [-0.2, -0.15) is 0 Å². The van der Waals surface area contributed by atoms with E-state index in [1.54, 1.807) is 18.3 Å². The van der Waals surface area contributed by atoms with E-state index in [-0.39, 0.29) is 5.91 Å². The molecule has 0 bridgehead atoms. The van der Waals surface area contributed by atoms with Crippen molar-refractivity contribution in [3.8, 4) is 17.2 Å². The Kier molecular flexibility index (Phi) is 6.05. The van der Waals surface area contributed by atoms with E-state index in [0.29, 0.717) is 29.4 Å². The fraction of sp³-hybridized carbons (Fsp3) is 0.333. The Bertz CT molecular complexity index is 722. The topological polar surface area (TPSA) is 72.9 Å². The summed E-state index contributed by atoms with van der Waals surface area (Å²) in [5.74, 6) is 1.88. The summed E-state index contributed by atoms with van der Waals surface area (Å²) >= 11 is 0. The molecule has 25 heavy (non-hydrogen) atoms. The van der Waals surface area contributed by atoms with Gasteiger partial charge in [0.25, 0.3) is 5.91 Å². The Morgan fingerprint density at radius 1 is 1.12 bits per heavy atom. The molecule has 1 heterocycles. The lowest BCUT2D eigenvalue weighted by atomic mass is 10.1. The van der Waals surface area contributed by atoms with E-state index in [2.05, 4.69) is 10.3 Å². The lowest BCUT2D eigenvalue weighted by Gasteiger charge is -2.17. The van der Waals surface area contributed by atoms with Crippen molar-refractivity contribution < 1.29 is 19.0 Å². The van der Waals surface area contributed by atoms with Gasteiger partial charge in [-0.3, -0.25) is 4.79 Å². The molecule has 134 valence electrons.